The molecule has 1 N–H and O–H groups in total. The second-order valence-corrected chi connectivity index (χ2v) is 3.84. The summed E-state index contributed by atoms with van der Waals surface area (Å²) in [5.41, 5.74) is 1.93. The Hall–Kier alpha value is -1.26. The number of ether oxygens (including phenoxy) is 1. The number of hydrogen-bond acceptors (Lipinski definition) is 3. The molecule has 0 unspecified atom stereocenters. The maximum absolute atomic E-state index is 10.6. The molecule has 1 heterocycles. The number of aliphatic carboxylic acids is 1. The highest BCUT2D eigenvalue weighted by Gasteiger charge is 2.11. The Bertz CT molecular complexity index is 378. The lowest BCUT2D eigenvalue weighted by molar-refractivity contribution is -0.136. The van der Waals surface area contributed by atoms with Crippen molar-refractivity contribution >= 4 is 24.1 Å². The molecular weight excluding hydrogens is 242 g/mol. The first-order valence-corrected chi connectivity index (χ1v) is 5.39. The van der Waals surface area contributed by atoms with Crippen LogP contribution in [0.25, 0.3) is 0 Å². The van der Waals surface area contributed by atoms with Gasteiger partial charge in [0.1, 0.15) is 0 Å². The van der Waals surface area contributed by atoms with Gasteiger partial charge in [0.05, 0.1) is 19.6 Å². The minimum absolute atomic E-state index is 0. The monoisotopic (exact) mass is 257 g/mol. The first kappa shape index (κ1) is 13.8. The van der Waals surface area contributed by atoms with Gasteiger partial charge in [-0.3, -0.25) is 4.79 Å². The number of benzene rings is 1. The normalized spacial score (nSPS) is 15.2. The van der Waals surface area contributed by atoms with Gasteiger partial charge >= 0.3 is 5.97 Å². The van der Waals surface area contributed by atoms with Gasteiger partial charge in [-0.25, -0.2) is 0 Å². The molecule has 1 aliphatic heterocycles. The van der Waals surface area contributed by atoms with Crippen molar-refractivity contribution in [2.45, 2.75) is 6.42 Å². The number of nitrogens with zero attached hydrogens (tertiary/aromatic N) is 1. The van der Waals surface area contributed by atoms with Gasteiger partial charge in [0.25, 0.3) is 0 Å². The van der Waals surface area contributed by atoms with E-state index in [-0.39, 0.29) is 18.8 Å². The largest absolute Gasteiger partial charge is 0.481 e. The molecule has 1 aliphatic rings. The number of carboxylic acids is 1. The molecule has 1 saturated heterocycles. The van der Waals surface area contributed by atoms with Gasteiger partial charge in [0.15, 0.2) is 0 Å². The summed E-state index contributed by atoms with van der Waals surface area (Å²) in [5.74, 6) is -0.792. The van der Waals surface area contributed by atoms with Gasteiger partial charge in [-0.15, -0.1) is 12.4 Å². The second kappa shape index (κ2) is 6.47. The van der Waals surface area contributed by atoms with Crippen LogP contribution in [0.15, 0.2) is 24.3 Å². The van der Waals surface area contributed by atoms with Crippen LogP contribution in [0, 0.1) is 0 Å². The van der Waals surface area contributed by atoms with Crippen molar-refractivity contribution in [1.29, 1.82) is 0 Å². The van der Waals surface area contributed by atoms with Crippen LogP contribution < -0.4 is 4.90 Å². The molecule has 0 amide bonds. The maximum Gasteiger partial charge on any atom is 0.307 e. The number of rotatable bonds is 3. The Balaban J connectivity index is 0.00000144. The average Bonchev–Trinajstić information content (AvgIpc) is 2.30. The average molecular weight is 258 g/mol. The Morgan fingerprint density at radius 3 is 2.71 bits per heavy atom. The van der Waals surface area contributed by atoms with E-state index in [1.807, 2.05) is 24.3 Å². The van der Waals surface area contributed by atoms with Crippen molar-refractivity contribution in [3.05, 3.63) is 29.8 Å². The van der Waals surface area contributed by atoms with Crippen LogP contribution in [0.4, 0.5) is 5.69 Å². The zero-order chi connectivity index (χ0) is 11.4. The molecule has 0 radical (unpaired) electrons. The first-order valence-electron chi connectivity index (χ1n) is 5.39. The third kappa shape index (κ3) is 3.91. The number of morpholine rings is 1. The van der Waals surface area contributed by atoms with Crippen molar-refractivity contribution < 1.29 is 14.6 Å². The van der Waals surface area contributed by atoms with Crippen LogP contribution in [0.5, 0.6) is 0 Å². The van der Waals surface area contributed by atoms with E-state index in [2.05, 4.69) is 4.90 Å². The first-order chi connectivity index (χ1) is 7.75. The molecular formula is C12H16ClNO3. The van der Waals surface area contributed by atoms with E-state index in [4.69, 9.17) is 9.84 Å². The van der Waals surface area contributed by atoms with E-state index in [0.29, 0.717) is 0 Å². The second-order valence-electron chi connectivity index (χ2n) is 3.84. The van der Waals surface area contributed by atoms with Crippen molar-refractivity contribution in [3.63, 3.8) is 0 Å². The molecule has 0 atom stereocenters. The van der Waals surface area contributed by atoms with Crippen LogP contribution in [-0.2, 0) is 16.0 Å². The summed E-state index contributed by atoms with van der Waals surface area (Å²) >= 11 is 0. The molecule has 5 heteroatoms. The maximum atomic E-state index is 10.6. The molecule has 0 aliphatic carbocycles. The number of hydrogen-bond donors (Lipinski definition) is 1. The fraction of sp³-hybridized carbons (Fsp3) is 0.417. The fourth-order valence-electron chi connectivity index (χ4n) is 1.86. The van der Waals surface area contributed by atoms with Gasteiger partial charge in [-0.05, 0) is 17.7 Å². The predicted molar refractivity (Wildman–Crippen MR) is 68.1 cm³/mol. The molecule has 1 aromatic rings. The van der Waals surface area contributed by atoms with E-state index in [1.165, 1.54) is 0 Å². The van der Waals surface area contributed by atoms with Crippen molar-refractivity contribution in [2.24, 2.45) is 0 Å². The Morgan fingerprint density at radius 1 is 1.35 bits per heavy atom. The molecule has 2 rings (SSSR count). The van der Waals surface area contributed by atoms with Crippen molar-refractivity contribution in [3.8, 4) is 0 Å². The minimum Gasteiger partial charge on any atom is -0.481 e. The number of carbonyl (C=O) groups is 1. The van der Waals surface area contributed by atoms with E-state index < -0.39 is 5.97 Å². The molecule has 4 nitrogen and oxygen atoms in total. The van der Waals surface area contributed by atoms with Gasteiger partial charge < -0.3 is 14.7 Å². The highest BCUT2D eigenvalue weighted by Crippen LogP contribution is 2.17. The highest BCUT2D eigenvalue weighted by molar-refractivity contribution is 5.85. The number of anilines is 1. The lowest BCUT2D eigenvalue weighted by atomic mass is 10.1. The van der Waals surface area contributed by atoms with Crippen molar-refractivity contribution in [1.82, 2.24) is 0 Å². The molecule has 0 aromatic heterocycles. The van der Waals surface area contributed by atoms with Gasteiger partial charge in [0.2, 0.25) is 0 Å². The summed E-state index contributed by atoms with van der Waals surface area (Å²) in [4.78, 5) is 12.8. The van der Waals surface area contributed by atoms with Crippen LogP contribution in [0.3, 0.4) is 0 Å². The van der Waals surface area contributed by atoms with Gasteiger partial charge in [-0.2, -0.15) is 0 Å². The smallest absolute Gasteiger partial charge is 0.307 e. The van der Waals surface area contributed by atoms with Gasteiger partial charge in [-0.1, -0.05) is 12.1 Å². The Kier molecular flexibility index (Phi) is 5.25. The van der Waals surface area contributed by atoms with E-state index in [0.717, 1.165) is 37.6 Å². The Labute approximate surface area is 107 Å². The van der Waals surface area contributed by atoms with Crippen LogP contribution >= 0.6 is 12.4 Å². The molecule has 1 aromatic carbocycles. The summed E-state index contributed by atoms with van der Waals surface area (Å²) in [6.07, 6.45) is 0.0815. The Morgan fingerprint density at radius 2 is 2.06 bits per heavy atom. The summed E-state index contributed by atoms with van der Waals surface area (Å²) in [6, 6.07) is 7.71. The summed E-state index contributed by atoms with van der Waals surface area (Å²) in [5, 5.41) is 8.73. The molecule has 0 saturated carbocycles. The zero-order valence-corrected chi connectivity index (χ0v) is 10.3. The summed E-state index contributed by atoms with van der Waals surface area (Å²) in [6.45, 7) is 3.22. The summed E-state index contributed by atoms with van der Waals surface area (Å²) < 4.78 is 5.28. The lowest BCUT2D eigenvalue weighted by Gasteiger charge is -2.29. The standard InChI is InChI=1S/C12H15NO3.ClH/c14-12(15)9-10-2-1-3-11(8-10)13-4-6-16-7-5-13;/h1-3,8H,4-7,9H2,(H,14,15);1H. The molecule has 1 fully saturated rings. The number of carboxylic acid groups (broad SMARTS) is 1. The van der Waals surface area contributed by atoms with E-state index in [9.17, 15) is 4.79 Å². The highest BCUT2D eigenvalue weighted by atomic mass is 35.5. The minimum atomic E-state index is -0.792. The zero-order valence-electron chi connectivity index (χ0n) is 9.46. The van der Waals surface area contributed by atoms with Gasteiger partial charge in [0, 0.05) is 18.8 Å². The van der Waals surface area contributed by atoms with Crippen LogP contribution in [0.1, 0.15) is 5.56 Å². The lowest BCUT2D eigenvalue weighted by Crippen LogP contribution is -2.36. The number of halogens is 1. The molecule has 0 spiro atoms. The van der Waals surface area contributed by atoms with Crippen molar-refractivity contribution in [2.75, 3.05) is 31.2 Å². The molecule has 0 bridgehead atoms. The predicted octanol–water partition coefficient (Wildman–Crippen LogP) is 1.57. The van der Waals surface area contributed by atoms with E-state index >= 15 is 0 Å². The molecule has 17 heavy (non-hydrogen) atoms. The quantitative estimate of drug-likeness (QED) is 0.893. The topological polar surface area (TPSA) is 49.8 Å². The van der Waals surface area contributed by atoms with Crippen LogP contribution in [-0.4, -0.2) is 37.4 Å². The van der Waals surface area contributed by atoms with E-state index in [1.54, 1.807) is 0 Å². The third-order valence-electron chi connectivity index (χ3n) is 2.64. The fourth-order valence-corrected chi connectivity index (χ4v) is 1.86. The summed E-state index contributed by atoms with van der Waals surface area (Å²) in [7, 11) is 0. The molecule has 94 valence electrons. The SMILES string of the molecule is Cl.O=C(O)Cc1cccc(N2CCOCC2)c1. The van der Waals surface area contributed by atoms with Crippen LogP contribution in [0.2, 0.25) is 0 Å². The third-order valence-corrected chi connectivity index (χ3v) is 2.64.